The quantitative estimate of drug-likeness (QED) is 0.620. The van der Waals surface area contributed by atoms with Crippen LogP contribution in [0.1, 0.15) is 20.3 Å². The number of hydrogen-bond acceptors (Lipinski definition) is 1. The van der Waals surface area contributed by atoms with Crippen LogP contribution in [0.4, 0.5) is 0 Å². The third kappa shape index (κ3) is 2.79. The molecule has 0 spiro atoms. The summed E-state index contributed by atoms with van der Waals surface area (Å²) in [7, 11) is 3.92. The van der Waals surface area contributed by atoms with Crippen LogP contribution in [-0.2, 0) is 32.7 Å². The normalized spacial score (nSPS) is 32.5. The summed E-state index contributed by atoms with van der Waals surface area (Å²) >= 11 is 0. The fraction of sp³-hybridized carbons (Fsp3) is 0.778. The Bertz CT molecular complexity index is 114. The van der Waals surface area contributed by atoms with Crippen LogP contribution in [0.25, 0.3) is 0 Å². The van der Waals surface area contributed by atoms with Gasteiger partial charge in [-0.3, -0.25) is 7.05 Å². The first-order chi connectivity index (χ1) is 4.63. The Balaban J connectivity index is 0.000001000. The van der Waals surface area contributed by atoms with Crippen LogP contribution in [0.15, 0.2) is 0 Å². The molecular formula is C9H17NY-2. The summed E-state index contributed by atoms with van der Waals surface area (Å²) in [6, 6.07) is 0.444. The van der Waals surface area contributed by atoms with Gasteiger partial charge in [-0.25, -0.2) is 0 Å². The van der Waals surface area contributed by atoms with Gasteiger partial charge in [0, 0.05) is 32.7 Å². The first-order valence-electron chi connectivity index (χ1n) is 4.03. The maximum atomic E-state index is 4.08. The number of hydrogen-bond donors (Lipinski definition) is 0. The van der Waals surface area contributed by atoms with Crippen molar-refractivity contribution in [3.8, 4) is 0 Å². The van der Waals surface area contributed by atoms with Gasteiger partial charge in [0.25, 0.3) is 0 Å². The van der Waals surface area contributed by atoms with E-state index in [0.717, 1.165) is 18.4 Å². The molecule has 0 aromatic heterocycles. The maximum absolute atomic E-state index is 4.08. The van der Waals surface area contributed by atoms with Crippen molar-refractivity contribution in [2.45, 2.75) is 26.3 Å². The summed E-state index contributed by atoms with van der Waals surface area (Å²) in [4.78, 5) is 2.10. The van der Waals surface area contributed by atoms with E-state index in [1.807, 2.05) is 0 Å². The Morgan fingerprint density at radius 3 is 2.18 bits per heavy atom. The average molecular weight is 228 g/mol. The van der Waals surface area contributed by atoms with Crippen molar-refractivity contribution in [3.63, 3.8) is 0 Å². The largest absolute Gasteiger partial charge is 0.482 e. The molecule has 0 aromatic rings. The van der Waals surface area contributed by atoms with Crippen molar-refractivity contribution >= 4 is 0 Å². The second-order valence-corrected chi connectivity index (χ2v) is 3.58. The van der Waals surface area contributed by atoms with Crippen LogP contribution in [0, 0.1) is 25.8 Å². The summed E-state index contributed by atoms with van der Waals surface area (Å²) in [6.07, 6.45) is 1.27. The van der Waals surface area contributed by atoms with Gasteiger partial charge < -0.3 is 11.8 Å². The molecule has 1 aliphatic rings. The van der Waals surface area contributed by atoms with Gasteiger partial charge in [-0.05, 0) is 18.9 Å². The van der Waals surface area contributed by atoms with Crippen LogP contribution in [-0.4, -0.2) is 17.5 Å². The standard InChI is InChI=1S/C9H17N.Y/c1-7(2)9-5-6-10(4)8(9)3;/h7-9H,3-6H2,1-2H3;/q-2;. The molecule has 1 rings (SSSR count). The summed E-state index contributed by atoms with van der Waals surface area (Å²) in [5.74, 6) is 1.52. The first kappa shape index (κ1) is 12.1. The van der Waals surface area contributed by atoms with Gasteiger partial charge in [0.2, 0.25) is 0 Å². The number of nitrogens with zero attached hydrogens (tertiary/aromatic N) is 1. The van der Waals surface area contributed by atoms with Crippen LogP contribution in [0.3, 0.4) is 0 Å². The Labute approximate surface area is 95.8 Å². The molecule has 0 saturated carbocycles. The molecule has 11 heavy (non-hydrogen) atoms. The van der Waals surface area contributed by atoms with Gasteiger partial charge >= 0.3 is 0 Å². The van der Waals surface area contributed by atoms with Crippen molar-refractivity contribution < 1.29 is 32.7 Å². The zero-order valence-electron chi connectivity index (χ0n) is 7.59. The van der Waals surface area contributed by atoms with Crippen LogP contribution >= 0.6 is 0 Å². The van der Waals surface area contributed by atoms with E-state index < -0.39 is 0 Å². The van der Waals surface area contributed by atoms with Gasteiger partial charge in [-0.2, -0.15) is 0 Å². The van der Waals surface area contributed by atoms with Gasteiger partial charge in [-0.15, -0.1) is 6.04 Å². The summed E-state index contributed by atoms with van der Waals surface area (Å²) in [5.41, 5.74) is 0. The summed E-state index contributed by atoms with van der Waals surface area (Å²) in [5, 5.41) is 0. The summed E-state index contributed by atoms with van der Waals surface area (Å²) in [6.45, 7) is 9.74. The molecule has 2 unspecified atom stereocenters. The number of rotatable bonds is 1. The molecule has 2 atom stereocenters. The Morgan fingerprint density at radius 1 is 1.45 bits per heavy atom. The van der Waals surface area contributed by atoms with E-state index in [1.54, 1.807) is 0 Å². The fourth-order valence-electron chi connectivity index (χ4n) is 1.72. The number of likely N-dealkylation sites (tertiary alicyclic amines) is 1. The van der Waals surface area contributed by atoms with E-state index >= 15 is 0 Å². The van der Waals surface area contributed by atoms with E-state index in [1.165, 1.54) is 6.42 Å². The smallest absolute Gasteiger partial charge is 0 e. The molecule has 1 saturated heterocycles. The average Bonchev–Trinajstić information content (AvgIpc) is 2.14. The molecular weight excluding hydrogens is 211 g/mol. The van der Waals surface area contributed by atoms with Gasteiger partial charge in [0.15, 0.2) is 0 Å². The van der Waals surface area contributed by atoms with E-state index in [9.17, 15) is 0 Å². The monoisotopic (exact) mass is 228 g/mol. The van der Waals surface area contributed by atoms with Crippen molar-refractivity contribution in [2.24, 2.45) is 11.8 Å². The predicted molar refractivity (Wildman–Crippen MR) is 44.2 cm³/mol. The van der Waals surface area contributed by atoms with E-state index in [-0.39, 0.29) is 32.7 Å². The minimum Gasteiger partial charge on any atom is -0.482 e. The minimum atomic E-state index is 0. The van der Waals surface area contributed by atoms with Gasteiger partial charge in [0.1, 0.15) is 0 Å². The Hall–Kier alpha value is 1.06. The topological polar surface area (TPSA) is 3.24 Å². The Morgan fingerprint density at radius 2 is 2.00 bits per heavy atom. The molecule has 2 heteroatoms. The van der Waals surface area contributed by atoms with Crippen LogP contribution in [0.5, 0.6) is 0 Å². The summed E-state index contributed by atoms with van der Waals surface area (Å²) < 4.78 is 0. The molecule has 1 fully saturated rings. The Kier molecular flexibility index (Phi) is 5.42. The van der Waals surface area contributed by atoms with Crippen molar-refractivity contribution in [1.82, 2.24) is 4.90 Å². The molecule has 1 heterocycles. The molecule has 0 bridgehead atoms. The molecule has 1 nitrogen and oxygen atoms in total. The van der Waals surface area contributed by atoms with E-state index in [4.69, 9.17) is 0 Å². The third-order valence-corrected chi connectivity index (χ3v) is 2.57. The SMILES string of the molecule is [CH2-]C1C(C(C)C)CCN1[CH2-].[Y]. The van der Waals surface area contributed by atoms with Crippen LogP contribution in [0.2, 0.25) is 0 Å². The first-order valence-corrected chi connectivity index (χ1v) is 4.03. The van der Waals surface area contributed by atoms with Gasteiger partial charge in [0.05, 0.1) is 0 Å². The second kappa shape index (κ2) is 4.94. The second-order valence-electron chi connectivity index (χ2n) is 3.58. The molecule has 63 valence electrons. The maximum Gasteiger partial charge on any atom is 0 e. The molecule has 0 aromatic carbocycles. The molecule has 0 amide bonds. The predicted octanol–water partition coefficient (Wildman–Crippen LogP) is 1.96. The molecule has 1 aliphatic heterocycles. The fourth-order valence-corrected chi connectivity index (χ4v) is 1.72. The molecule has 0 N–H and O–H groups in total. The van der Waals surface area contributed by atoms with E-state index in [0.29, 0.717) is 6.04 Å². The zero-order chi connectivity index (χ0) is 7.72. The zero-order valence-corrected chi connectivity index (χ0v) is 10.4. The van der Waals surface area contributed by atoms with Gasteiger partial charge in [-0.1, -0.05) is 19.8 Å². The van der Waals surface area contributed by atoms with Crippen molar-refractivity contribution in [3.05, 3.63) is 14.0 Å². The molecule has 0 aliphatic carbocycles. The van der Waals surface area contributed by atoms with Crippen molar-refractivity contribution in [1.29, 1.82) is 0 Å². The van der Waals surface area contributed by atoms with E-state index in [2.05, 4.69) is 32.7 Å². The van der Waals surface area contributed by atoms with Crippen LogP contribution < -0.4 is 0 Å². The van der Waals surface area contributed by atoms with Crippen molar-refractivity contribution in [2.75, 3.05) is 6.54 Å². The molecule has 1 radical (unpaired) electrons. The third-order valence-electron chi connectivity index (χ3n) is 2.57. The minimum absolute atomic E-state index is 0.